The molecule has 6 heteroatoms. The summed E-state index contributed by atoms with van der Waals surface area (Å²) in [6.07, 6.45) is 8.01. The molecule has 0 unspecified atom stereocenters. The highest BCUT2D eigenvalue weighted by Gasteiger charge is 2.52. The van der Waals surface area contributed by atoms with E-state index in [1.807, 2.05) is 7.05 Å². The molecular formula is C29H38Cl2N2O2. The van der Waals surface area contributed by atoms with Gasteiger partial charge in [-0.1, -0.05) is 40.9 Å². The predicted octanol–water partition coefficient (Wildman–Crippen LogP) is 6.74. The summed E-state index contributed by atoms with van der Waals surface area (Å²) in [7, 11) is 4.13. The number of hydrogen-bond acceptors (Lipinski definition) is 4. The molecular weight excluding hydrogens is 479 g/mol. The molecule has 190 valence electrons. The first-order valence-electron chi connectivity index (χ1n) is 13.0. The van der Waals surface area contributed by atoms with E-state index in [0.717, 1.165) is 48.5 Å². The van der Waals surface area contributed by atoms with Crippen molar-refractivity contribution in [2.75, 3.05) is 27.2 Å². The molecule has 2 aromatic carbocycles. The van der Waals surface area contributed by atoms with Gasteiger partial charge >= 0.3 is 0 Å². The van der Waals surface area contributed by atoms with Crippen LogP contribution in [0.3, 0.4) is 0 Å². The van der Waals surface area contributed by atoms with Crippen molar-refractivity contribution in [3.63, 3.8) is 0 Å². The molecule has 35 heavy (non-hydrogen) atoms. The topological polar surface area (TPSA) is 46.9 Å². The predicted molar refractivity (Wildman–Crippen MR) is 143 cm³/mol. The summed E-state index contributed by atoms with van der Waals surface area (Å²) in [5.41, 5.74) is 4.44. The largest absolute Gasteiger partial charge is 0.507 e. The first kappa shape index (κ1) is 25.2. The van der Waals surface area contributed by atoms with E-state index in [1.54, 1.807) is 12.1 Å². The molecule has 4 aliphatic rings. The lowest BCUT2D eigenvalue weighted by Gasteiger charge is -2.57. The minimum absolute atomic E-state index is 0.0955. The molecule has 4 nitrogen and oxygen atoms in total. The van der Waals surface area contributed by atoms with Crippen LogP contribution in [0.15, 0.2) is 24.3 Å². The summed E-state index contributed by atoms with van der Waals surface area (Å²) in [6.45, 7) is 5.10. The van der Waals surface area contributed by atoms with Crippen LogP contribution in [0.5, 0.6) is 11.5 Å². The Bertz CT molecular complexity index is 1070. The van der Waals surface area contributed by atoms with Crippen molar-refractivity contribution in [2.45, 2.75) is 64.0 Å². The van der Waals surface area contributed by atoms with Gasteiger partial charge < -0.3 is 20.0 Å². The van der Waals surface area contributed by atoms with E-state index in [0.29, 0.717) is 17.3 Å². The summed E-state index contributed by atoms with van der Waals surface area (Å²) in [6, 6.07) is 7.76. The fourth-order valence-corrected chi connectivity index (χ4v) is 8.18. The van der Waals surface area contributed by atoms with Crippen LogP contribution in [0.4, 0.5) is 0 Å². The van der Waals surface area contributed by atoms with Gasteiger partial charge in [0.05, 0.1) is 5.02 Å². The van der Waals surface area contributed by atoms with Crippen LogP contribution in [0.2, 0.25) is 10.0 Å². The van der Waals surface area contributed by atoms with Crippen LogP contribution in [0, 0.1) is 24.7 Å². The van der Waals surface area contributed by atoms with E-state index < -0.39 is 0 Å². The molecule has 4 aliphatic carbocycles. The van der Waals surface area contributed by atoms with Gasteiger partial charge in [0, 0.05) is 47.9 Å². The zero-order valence-corrected chi connectivity index (χ0v) is 22.7. The lowest BCUT2D eigenvalue weighted by molar-refractivity contribution is -0.00624. The van der Waals surface area contributed by atoms with Crippen molar-refractivity contribution >= 4 is 23.2 Å². The fraction of sp³-hybridized carbons (Fsp3) is 0.586. The molecule has 0 heterocycles. The van der Waals surface area contributed by atoms with Crippen LogP contribution in [-0.4, -0.2) is 47.2 Å². The monoisotopic (exact) mass is 516 g/mol. The highest BCUT2D eigenvalue weighted by molar-refractivity contribution is 6.35. The Labute approximate surface area is 219 Å². The number of aryl methyl sites for hydroxylation is 1. The smallest absolute Gasteiger partial charge is 0.138 e. The van der Waals surface area contributed by atoms with Gasteiger partial charge in [-0.25, -0.2) is 0 Å². The number of halogens is 2. The third-order valence-electron chi connectivity index (χ3n) is 8.79. The quantitative estimate of drug-likeness (QED) is 0.407. The number of benzene rings is 2. The SMILES string of the molecule is Cc1cc(CN(C)CCN(C)Cc2cc(Cl)cc(Cl)c2O)c(O)c(C23CC4CC(CC(C4)C2)C3)c1. The van der Waals surface area contributed by atoms with Gasteiger partial charge in [-0.15, -0.1) is 0 Å². The molecule has 6 rings (SSSR count). The Morgan fingerprint density at radius 3 is 1.86 bits per heavy atom. The third-order valence-corrected chi connectivity index (χ3v) is 9.30. The number of phenols is 2. The van der Waals surface area contributed by atoms with Gasteiger partial charge in [0.15, 0.2) is 0 Å². The number of phenolic OH excluding ortho intramolecular Hbond substituents is 2. The lowest BCUT2D eigenvalue weighted by Crippen LogP contribution is -2.48. The highest BCUT2D eigenvalue weighted by atomic mass is 35.5. The normalized spacial score (nSPS) is 27.3. The summed E-state index contributed by atoms with van der Waals surface area (Å²) in [5, 5.41) is 22.6. The van der Waals surface area contributed by atoms with E-state index in [-0.39, 0.29) is 16.2 Å². The van der Waals surface area contributed by atoms with Gasteiger partial charge in [0.1, 0.15) is 11.5 Å². The first-order chi connectivity index (χ1) is 16.6. The van der Waals surface area contributed by atoms with Crippen LogP contribution in [-0.2, 0) is 18.5 Å². The Balaban J connectivity index is 1.25. The lowest BCUT2D eigenvalue weighted by atomic mass is 9.48. The second-order valence-corrected chi connectivity index (χ2v) is 12.7. The van der Waals surface area contributed by atoms with Crippen molar-refractivity contribution in [3.05, 3.63) is 56.6 Å². The molecule has 0 spiro atoms. The third kappa shape index (κ3) is 5.18. The molecule has 0 atom stereocenters. The van der Waals surface area contributed by atoms with Gasteiger partial charge in [-0.2, -0.15) is 0 Å². The van der Waals surface area contributed by atoms with Gasteiger partial charge in [-0.05, 0) is 94.8 Å². The zero-order valence-electron chi connectivity index (χ0n) is 21.2. The van der Waals surface area contributed by atoms with Crippen LogP contribution < -0.4 is 0 Å². The molecule has 0 saturated heterocycles. The van der Waals surface area contributed by atoms with E-state index in [9.17, 15) is 10.2 Å². The Hall–Kier alpha value is -1.46. The zero-order chi connectivity index (χ0) is 24.9. The van der Waals surface area contributed by atoms with Crippen LogP contribution >= 0.6 is 23.2 Å². The summed E-state index contributed by atoms with van der Waals surface area (Å²) < 4.78 is 0. The molecule has 0 aromatic heterocycles. The fourth-order valence-electron chi connectivity index (χ4n) is 7.64. The van der Waals surface area contributed by atoms with E-state index in [2.05, 4.69) is 35.9 Å². The van der Waals surface area contributed by atoms with Crippen LogP contribution in [0.25, 0.3) is 0 Å². The Morgan fingerprint density at radius 2 is 1.31 bits per heavy atom. The highest BCUT2D eigenvalue weighted by Crippen LogP contribution is 2.62. The molecule has 4 saturated carbocycles. The van der Waals surface area contributed by atoms with Crippen molar-refractivity contribution in [1.29, 1.82) is 0 Å². The first-order valence-corrected chi connectivity index (χ1v) is 13.7. The summed E-state index contributed by atoms with van der Waals surface area (Å²) in [5.74, 6) is 3.21. The molecule has 0 amide bonds. The molecule has 4 bridgehead atoms. The molecule has 2 N–H and O–H groups in total. The second kappa shape index (κ2) is 9.78. The molecule has 4 fully saturated rings. The number of likely N-dealkylation sites (N-methyl/N-ethyl adjacent to an activating group) is 2. The average Bonchev–Trinajstić information content (AvgIpc) is 2.77. The maximum absolute atomic E-state index is 11.5. The number of rotatable bonds is 8. The minimum atomic E-state index is 0.0955. The van der Waals surface area contributed by atoms with Crippen LogP contribution in [0.1, 0.15) is 60.8 Å². The van der Waals surface area contributed by atoms with Gasteiger partial charge in [-0.3, -0.25) is 0 Å². The standard InChI is InChI=1S/C29H38Cl2N2O2/c1-18-6-22(16-32(2)4-5-33(3)17-23-11-24(30)12-26(31)28(23)35)27(34)25(7-18)29-13-19-8-20(14-29)10-21(9-19)15-29/h6-7,11-12,19-21,34-35H,4-5,8-10,13-17H2,1-3H3. The maximum atomic E-state index is 11.5. The van der Waals surface area contributed by atoms with Gasteiger partial charge in [0.2, 0.25) is 0 Å². The maximum Gasteiger partial charge on any atom is 0.138 e. The summed E-state index contributed by atoms with van der Waals surface area (Å²) in [4.78, 5) is 4.41. The van der Waals surface area contributed by atoms with E-state index in [1.165, 1.54) is 49.7 Å². The summed E-state index contributed by atoms with van der Waals surface area (Å²) >= 11 is 12.2. The van der Waals surface area contributed by atoms with Crippen molar-refractivity contribution in [2.24, 2.45) is 17.8 Å². The molecule has 2 aromatic rings. The van der Waals surface area contributed by atoms with Crippen molar-refractivity contribution < 1.29 is 10.2 Å². The van der Waals surface area contributed by atoms with Gasteiger partial charge in [0.25, 0.3) is 0 Å². The number of aromatic hydroxyl groups is 2. The molecule has 0 aliphatic heterocycles. The number of nitrogens with zero attached hydrogens (tertiary/aromatic N) is 2. The molecule has 0 radical (unpaired) electrons. The number of hydrogen-bond donors (Lipinski definition) is 2. The minimum Gasteiger partial charge on any atom is -0.507 e. The Morgan fingerprint density at radius 1 is 0.800 bits per heavy atom. The Kier molecular flexibility index (Phi) is 7.04. The second-order valence-electron chi connectivity index (χ2n) is 11.9. The van der Waals surface area contributed by atoms with Crippen molar-refractivity contribution in [1.82, 2.24) is 9.80 Å². The van der Waals surface area contributed by atoms with E-state index >= 15 is 0 Å². The average molecular weight is 518 g/mol. The van der Waals surface area contributed by atoms with Crippen molar-refractivity contribution in [3.8, 4) is 11.5 Å². The van der Waals surface area contributed by atoms with E-state index in [4.69, 9.17) is 23.2 Å².